The number of benzene rings is 3. The Labute approximate surface area is 269 Å². The first-order chi connectivity index (χ1) is 22.2. The Morgan fingerprint density at radius 1 is 1.13 bits per heavy atom. The van der Waals surface area contributed by atoms with Gasteiger partial charge in [-0.25, -0.2) is 15.6 Å². The summed E-state index contributed by atoms with van der Waals surface area (Å²) in [5, 5.41) is 14.6. The molecule has 0 fully saturated rings. The molecule has 1 heterocycles. The minimum atomic E-state index is -1.08. The number of rotatable bonds is 15. The first-order valence-corrected chi connectivity index (χ1v) is 14.5. The number of halogens is 1. The highest BCUT2D eigenvalue weighted by atomic mass is 35.5. The van der Waals surface area contributed by atoms with Crippen LogP contribution in [0.15, 0.2) is 77.9 Å². The molecule has 0 saturated carbocycles. The van der Waals surface area contributed by atoms with Gasteiger partial charge >= 0.3 is 6.16 Å². The van der Waals surface area contributed by atoms with Gasteiger partial charge in [0, 0.05) is 18.5 Å². The van der Waals surface area contributed by atoms with E-state index in [1.165, 1.54) is 18.2 Å². The fourth-order valence-corrected chi connectivity index (χ4v) is 4.76. The molecule has 0 aliphatic heterocycles. The van der Waals surface area contributed by atoms with E-state index in [1.54, 1.807) is 18.2 Å². The maximum Gasteiger partial charge on any atom is 0.515 e. The summed E-state index contributed by atoms with van der Waals surface area (Å²) in [6.07, 6.45) is 2.29. The smallest absolute Gasteiger partial charge is 0.410 e. The van der Waals surface area contributed by atoms with Crippen LogP contribution in [0.5, 0.6) is 5.75 Å². The number of nitrogens with zero attached hydrogens (tertiary/aromatic N) is 5. The van der Waals surface area contributed by atoms with Crippen LogP contribution in [-0.4, -0.2) is 44.8 Å². The van der Waals surface area contributed by atoms with Crippen LogP contribution in [0.4, 0.5) is 4.79 Å². The summed E-state index contributed by atoms with van der Waals surface area (Å²) >= 11 is 6.22. The van der Waals surface area contributed by atoms with Crippen molar-refractivity contribution in [2.45, 2.75) is 39.3 Å². The van der Waals surface area contributed by atoms with Gasteiger partial charge in [0.1, 0.15) is 23.9 Å². The van der Waals surface area contributed by atoms with Gasteiger partial charge in [0.15, 0.2) is 24.0 Å². The molecular formula is C31H32ClN7O7. The van der Waals surface area contributed by atoms with Crippen molar-refractivity contribution in [3.05, 3.63) is 116 Å². The molecule has 0 radical (unpaired) electrons. The second-order valence-electron chi connectivity index (χ2n) is 9.95. The van der Waals surface area contributed by atoms with Crippen molar-refractivity contribution in [1.29, 1.82) is 0 Å². The van der Waals surface area contributed by atoms with Crippen LogP contribution in [0, 0.1) is 10.1 Å². The van der Waals surface area contributed by atoms with E-state index in [1.807, 2.05) is 41.0 Å². The van der Waals surface area contributed by atoms with E-state index >= 15 is 0 Å². The van der Waals surface area contributed by atoms with Crippen molar-refractivity contribution in [2.75, 3.05) is 6.73 Å². The predicted octanol–water partition coefficient (Wildman–Crippen LogP) is 5.08. The Bertz CT molecular complexity index is 1710. The van der Waals surface area contributed by atoms with Gasteiger partial charge in [0.05, 0.1) is 0 Å². The number of hydrogen-bond donors (Lipinski definition) is 2. The first-order valence-electron chi connectivity index (χ1n) is 14.1. The number of nitrogens with two attached hydrogens (primary N) is 2. The zero-order valence-electron chi connectivity index (χ0n) is 24.9. The summed E-state index contributed by atoms with van der Waals surface area (Å²) in [6.45, 7) is 1.73. The van der Waals surface area contributed by atoms with Gasteiger partial charge in [-0.05, 0) is 40.8 Å². The van der Waals surface area contributed by atoms with E-state index in [2.05, 4.69) is 21.8 Å². The fraction of sp³-hybridized carbons (Fsp3) is 0.226. The maximum absolute atomic E-state index is 12.2. The molecule has 0 amide bonds. The highest BCUT2D eigenvalue weighted by Gasteiger charge is 2.16. The molecule has 0 aliphatic carbocycles. The molecule has 4 rings (SSSR count). The molecule has 1 aromatic heterocycles. The molecule has 0 atom stereocenters. The van der Waals surface area contributed by atoms with Crippen molar-refractivity contribution in [3.63, 3.8) is 0 Å². The van der Waals surface area contributed by atoms with Gasteiger partial charge < -0.3 is 24.6 Å². The monoisotopic (exact) mass is 649 g/mol. The SMILES string of the molecule is CCCCc1nc(Cl)c(C=O)n1Cc1ccc(-c2ccccc2/C(N)=N/N(N)COC(=O)Oc2cccc(CO[N+](=O)[O-])c2)cc1. The Balaban J connectivity index is 1.40. The van der Waals surface area contributed by atoms with Crippen LogP contribution in [0.2, 0.25) is 5.15 Å². The third kappa shape index (κ3) is 9.03. The molecule has 4 N–H and O–H groups in total. The van der Waals surface area contributed by atoms with Crippen LogP contribution in [-0.2, 0) is 29.1 Å². The van der Waals surface area contributed by atoms with Gasteiger partial charge in [0.2, 0.25) is 0 Å². The van der Waals surface area contributed by atoms with Crippen molar-refractivity contribution >= 4 is 29.9 Å². The molecule has 14 nitrogen and oxygen atoms in total. The van der Waals surface area contributed by atoms with E-state index < -0.39 is 18.0 Å². The summed E-state index contributed by atoms with van der Waals surface area (Å²) in [7, 11) is 0. The van der Waals surface area contributed by atoms with Gasteiger partial charge in [-0.1, -0.05) is 85.6 Å². The lowest BCUT2D eigenvalue weighted by Crippen LogP contribution is -2.33. The maximum atomic E-state index is 12.2. The molecule has 0 bridgehead atoms. The van der Waals surface area contributed by atoms with E-state index in [4.69, 9.17) is 32.7 Å². The highest BCUT2D eigenvalue weighted by molar-refractivity contribution is 6.31. The molecule has 3 aromatic carbocycles. The second-order valence-corrected chi connectivity index (χ2v) is 10.3. The molecule has 0 spiro atoms. The second kappa shape index (κ2) is 16.0. The Morgan fingerprint density at radius 3 is 2.61 bits per heavy atom. The van der Waals surface area contributed by atoms with Gasteiger partial charge in [-0.15, -0.1) is 15.2 Å². The number of ether oxygens (including phenoxy) is 2. The molecule has 0 unspecified atom stereocenters. The lowest BCUT2D eigenvalue weighted by atomic mass is 9.98. The van der Waals surface area contributed by atoms with Gasteiger partial charge in [-0.3, -0.25) is 4.79 Å². The van der Waals surface area contributed by atoms with Crippen LogP contribution < -0.4 is 16.3 Å². The quantitative estimate of drug-likeness (QED) is 0.0201. The zero-order chi connectivity index (χ0) is 33.1. The van der Waals surface area contributed by atoms with E-state index in [0.717, 1.165) is 53.2 Å². The molecule has 46 heavy (non-hydrogen) atoms. The van der Waals surface area contributed by atoms with E-state index in [0.29, 0.717) is 23.4 Å². The van der Waals surface area contributed by atoms with E-state index in [-0.39, 0.29) is 23.3 Å². The number of carbonyl (C=O) groups is 2. The van der Waals surface area contributed by atoms with Gasteiger partial charge in [-0.2, -0.15) is 5.12 Å². The Morgan fingerprint density at radius 2 is 1.89 bits per heavy atom. The van der Waals surface area contributed by atoms with Crippen LogP contribution in [0.25, 0.3) is 11.1 Å². The van der Waals surface area contributed by atoms with Crippen molar-refractivity contribution in [1.82, 2.24) is 14.7 Å². The van der Waals surface area contributed by atoms with Crippen LogP contribution in [0.1, 0.15) is 52.8 Å². The average Bonchev–Trinajstić information content (AvgIpc) is 3.35. The topological polar surface area (TPSA) is 190 Å². The summed E-state index contributed by atoms with van der Waals surface area (Å²) in [6, 6.07) is 21.1. The van der Waals surface area contributed by atoms with Gasteiger partial charge in [0.25, 0.3) is 5.09 Å². The minimum Gasteiger partial charge on any atom is -0.410 e. The van der Waals surface area contributed by atoms with Crippen molar-refractivity contribution in [2.24, 2.45) is 16.7 Å². The minimum absolute atomic E-state index is 0.0712. The average molecular weight is 650 g/mol. The fourth-order valence-electron chi connectivity index (χ4n) is 4.52. The first kappa shape index (κ1) is 33.4. The summed E-state index contributed by atoms with van der Waals surface area (Å²) in [5.74, 6) is 6.84. The Hall–Kier alpha value is -5.47. The summed E-state index contributed by atoms with van der Waals surface area (Å²) in [5.41, 5.74) is 10.2. The number of hydrogen-bond acceptors (Lipinski definition) is 11. The van der Waals surface area contributed by atoms with Crippen molar-refractivity contribution in [3.8, 4) is 16.9 Å². The van der Waals surface area contributed by atoms with Crippen LogP contribution in [0.3, 0.4) is 0 Å². The Kier molecular flexibility index (Phi) is 11.6. The number of imidazole rings is 1. The normalized spacial score (nSPS) is 11.2. The number of hydrazone groups is 1. The largest absolute Gasteiger partial charge is 0.515 e. The number of aldehydes is 1. The standard InChI is InChI=1S/C31H32ClN7O7/c1-2-3-11-28-35-29(32)27(18-40)37(28)17-21-12-14-23(15-13-21)25-9-4-5-10-26(25)30(33)36-38(34)20-44-31(41)46-24-8-6-7-22(16-24)19-45-39(42)43/h4-10,12-16,18H,2-3,11,17,19-20,34H2,1H3,(H2,33,36). The third-order valence-electron chi connectivity index (χ3n) is 6.70. The highest BCUT2D eigenvalue weighted by Crippen LogP contribution is 2.26. The number of carbonyl (C=O) groups excluding carboxylic acids is 2. The zero-order valence-corrected chi connectivity index (χ0v) is 25.6. The number of unbranched alkanes of at least 4 members (excludes halogenated alkanes) is 1. The van der Waals surface area contributed by atoms with Crippen LogP contribution >= 0.6 is 11.6 Å². The number of hydrazine groups is 1. The molecular weight excluding hydrogens is 618 g/mol. The predicted molar refractivity (Wildman–Crippen MR) is 169 cm³/mol. The molecule has 0 saturated heterocycles. The third-order valence-corrected chi connectivity index (χ3v) is 6.98. The molecule has 0 aliphatic rings. The molecule has 240 valence electrons. The van der Waals surface area contributed by atoms with E-state index in [9.17, 15) is 19.7 Å². The molecule has 4 aromatic rings. The van der Waals surface area contributed by atoms with Crippen molar-refractivity contribution < 1.29 is 29.0 Å². The summed E-state index contributed by atoms with van der Waals surface area (Å²) < 4.78 is 11.9. The number of amidine groups is 1. The number of aryl methyl sites for hydroxylation is 1. The lowest BCUT2D eigenvalue weighted by Gasteiger charge is -2.15. The lowest BCUT2D eigenvalue weighted by molar-refractivity contribution is -0.763. The number of aromatic nitrogens is 2. The summed E-state index contributed by atoms with van der Waals surface area (Å²) in [4.78, 5) is 43.0. The molecule has 15 heteroatoms.